The van der Waals surface area contributed by atoms with Gasteiger partial charge in [-0.25, -0.2) is 13.1 Å². The lowest BCUT2D eigenvalue weighted by molar-refractivity contribution is -0.119. The SMILES string of the molecule is Nn1c(SCC(=O)N[C@H]2CCS(=O)(=O)C2)nnc1-c1cccs1. The van der Waals surface area contributed by atoms with Crippen LogP contribution in [-0.2, 0) is 14.6 Å². The monoisotopic (exact) mass is 373 g/mol. The van der Waals surface area contributed by atoms with Crippen molar-refractivity contribution in [2.45, 2.75) is 17.6 Å². The van der Waals surface area contributed by atoms with E-state index in [9.17, 15) is 13.2 Å². The smallest absolute Gasteiger partial charge is 0.230 e. The Labute approximate surface area is 141 Å². The highest BCUT2D eigenvalue weighted by Crippen LogP contribution is 2.25. The molecule has 0 unspecified atom stereocenters. The third-order valence-corrected chi connectivity index (χ3v) is 6.91. The molecule has 1 atom stereocenters. The molecule has 0 radical (unpaired) electrons. The van der Waals surface area contributed by atoms with Crippen molar-refractivity contribution in [3.63, 3.8) is 0 Å². The zero-order valence-corrected chi connectivity index (χ0v) is 14.5. The molecule has 11 heteroatoms. The number of amides is 1. The molecule has 124 valence electrons. The van der Waals surface area contributed by atoms with Crippen molar-refractivity contribution >= 4 is 38.8 Å². The molecule has 3 N–H and O–H groups in total. The highest BCUT2D eigenvalue weighted by Gasteiger charge is 2.28. The Morgan fingerprint density at radius 1 is 1.52 bits per heavy atom. The van der Waals surface area contributed by atoms with Gasteiger partial charge in [0.15, 0.2) is 15.7 Å². The van der Waals surface area contributed by atoms with Crippen LogP contribution in [0, 0.1) is 0 Å². The summed E-state index contributed by atoms with van der Waals surface area (Å²) in [4.78, 5) is 12.8. The third-order valence-electron chi connectivity index (χ3n) is 3.34. The van der Waals surface area contributed by atoms with Gasteiger partial charge < -0.3 is 11.2 Å². The summed E-state index contributed by atoms with van der Waals surface area (Å²) in [6.07, 6.45) is 0.467. The van der Waals surface area contributed by atoms with E-state index in [0.29, 0.717) is 17.4 Å². The normalized spacial score (nSPS) is 19.7. The summed E-state index contributed by atoms with van der Waals surface area (Å²) in [5.74, 6) is 6.51. The van der Waals surface area contributed by atoms with Crippen molar-refractivity contribution in [2.75, 3.05) is 23.1 Å². The van der Waals surface area contributed by atoms with Gasteiger partial charge in [-0.05, 0) is 17.9 Å². The number of nitrogen functional groups attached to an aromatic ring is 1. The van der Waals surface area contributed by atoms with Gasteiger partial charge in [0.25, 0.3) is 0 Å². The summed E-state index contributed by atoms with van der Waals surface area (Å²) in [6, 6.07) is 3.48. The van der Waals surface area contributed by atoms with E-state index in [4.69, 9.17) is 5.84 Å². The summed E-state index contributed by atoms with van der Waals surface area (Å²) in [5, 5.41) is 13.1. The molecule has 1 saturated heterocycles. The number of thioether (sulfide) groups is 1. The van der Waals surface area contributed by atoms with E-state index in [1.807, 2.05) is 17.5 Å². The Balaban J connectivity index is 1.56. The van der Waals surface area contributed by atoms with Gasteiger partial charge in [0, 0.05) is 6.04 Å². The van der Waals surface area contributed by atoms with Crippen LogP contribution in [0.2, 0.25) is 0 Å². The van der Waals surface area contributed by atoms with Crippen LogP contribution in [0.25, 0.3) is 10.7 Å². The van der Waals surface area contributed by atoms with Crippen molar-refractivity contribution in [1.82, 2.24) is 20.2 Å². The number of aromatic nitrogens is 3. The van der Waals surface area contributed by atoms with Crippen LogP contribution >= 0.6 is 23.1 Å². The first kappa shape index (κ1) is 16.3. The van der Waals surface area contributed by atoms with Crippen LogP contribution < -0.4 is 11.2 Å². The molecule has 3 heterocycles. The lowest BCUT2D eigenvalue weighted by Gasteiger charge is -2.10. The third kappa shape index (κ3) is 3.85. The van der Waals surface area contributed by atoms with Gasteiger partial charge in [-0.1, -0.05) is 17.8 Å². The van der Waals surface area contributed by atoms with Gasteiger partial charge in [-0.2, -0.15) is 0 Å². The minimum absolute atomic E-state index is 0.0129. The highest BCUT2D eigenvalue weighted by molar-refractivity contribution is 7.99. The lowest BCUT2D eigenvalue weighted by Crippen LogP contribution is -2.36. The molecule has 0 aromatic carbocycles. The Kier molecular flexibility index (Phi) is 4.60. The van der Waals surface area contributed by atoms with Crippen LogP contribution in [0.4, 0.5) is 0 Å². The molecule has 1 fully saturated rings. The zero-order chi connectivity index (χ0) is 16.4. The van der Waals surface area contributed by atoms with E-state index in [1.165, 1.54) is 16.0 Å². The molecule has 8 nitrogen and oxygen atoms in total. The second kappa shape index (κ2) is 6.49. The molecule has 1 aliphatic heterocycles. The van der Waals surface area contributed by atoms with Crippen molar-refractivity contribution in [3.8, 4) is 10.7 Å². The second-order valence-corrected chi connectivity index (χ2v) is 9.23. The molecule has 0 aliphatic carbocycles. The number of sulfone groups is 1. The van der Waals surface area contributed by atoms with E-state index in [1.54, 1.807) is 0 Å². The second-order valence-electron chi connectivity index (χ2n) is 5.11. The Morgan fingerprint density at radius 3 is 3.00 bits per heavy atom. The first-order valence-corrected chi connectivity index (χ1v) is 10.5. The summed E-state index contributed by atoms with van der Waals surface area (Å²) in [6.45, 7) is 0. The molecule has 0 spiro atoms. The minimum Gasteiger partial charge on any atom is -0.352 e. The highest BCUT2D eigenvalue weighted by atomic mass is 32.2. The number of nitrogens with zero attached hydrogens (tertiary/aromatic N) is 3. The predicted octanol–water partition coefficient (Wildman–Crippen LogP) is 0.116. The van der Waals surface area contributed by atoms with E-state index in [-0.39, 0.29) is 29.2 Å². The van der Waals surface area contributed by atoms with Gasteiger partial charge in [-0.3, -0.25) is 4.79 Å². The molecule has 0 bridgehead atoms. The molecular weight excluding hydrogens is 358 g/mol. The zero-order valence-electron chi connectivity index (χ0n) is 12.0. The molecule has 2 aromatic rings. The van der Waals surface area contributed by atoms with E-state index < -0.39 is 9.84 Å². The molecule has 23 heavy (non-hydrogen) atoms. The number of carbonyl (C=O) groups excluding carboxylic acids is 1. The van der Waals surface area contributed by atoms with Crippen LogP contribution in [0.15, 0.2) is 22.7 Å². The topological polar surface area (TPSA) is 120 Å². The van der Waals surface area contributed by atoms with Crippen molar-refractivity contribution in [2.24, 2.45) is 0 Å². The summed E-state index contributed by atoms with van der Waals surface area (Å²) in [7, 11) is -3.00. The largest absolute Gasteiger partial charge is 0.352 e. The minimum atomic E-state index is -3.00. The number of hydrogen-bond acceptors (Lipinski definition) is 8. The fourth-order valence-corrected chi connectivity index (χ4v) is 5.30. The molecule has 0 saturated carbocycles. The van der Waals surface area contributed by atoms with Crippen molar-refractivity contribution in [3.05, 3.63) is 17.5 Å². The van der Waals surface area contributed by atoms with Crippen molar-refractivity contribution in [1.29, 1.82) is 0 Å². The van der Waals surface area contributed by atoms with Crippen LogP contribution in [0.5, 0.6) is 0 Å². The number of rotatable bonds is 5. The van der Waals surface area contributed by atoms with Gasteiger partial charge >= 0.3 is 0 Å². The summed E-state index contributed by atoms with van der Waals surface area (Å²) < 4.78 is 24.1. The fraction of sp³-hybridized carbons (Fsp3) is 0.417. The first-order valence-electron chi connectivity index (χ1n) is 6.81. The lowest BCUT2D eigenvalue weighted by atomic mass is 10.3. The fourth-order valence-electron chi connectivity index (χ4n) is 2.26. The molecule has 3 rings (SSSR count). The summed E-state index contributed by atoms with van der Waals surface area (Å²) in [5.41, 5.74) is 0. The van der Waals surface area contributed by atoms with Crippen molar-refractivity contribution < 1.29 is 13.2 Å². The quantitative estimate of drug-likeness (QED) is 0.564. The van der Waals surface area contributed by atoms with E-state index in [2.05, 4.69) is 15.5 Å². The van der Waals surface area contributed by atoms with Gasteiger partial charge in [0.2, 0.25) is 11.1 Å². The Hall–Kier alpha value is -1.59. The maximum absolute atomic E-state index is 11.9. The first-order chi connectivity index (χ1) is 10.9. The molecule has 1 aliphatic rings. The molecular formula is C12H15N5O3S3. The van der Waals surface area contributed by atoms with Gasteiger partial charge in [-0.15, -0.1) is 21.5 Å². The Morgan fingerprint density at radius 2 is 2.35 bits per heavy atom. The number of carbonyl (C=O) groups is 1. The molecule has 1 amide bonds. The average molecular weight is 373 g/mol. The van der Waals surface area contributed by atoms with Crippen LogP contribution in [0.1, 0.15) is 6.42 Å². The maximum Gasteiger partial charge on any atom is 0.230 e. The van der Waals surface area contributed by atoms with Crippen LogP contribution in [0.3, 0.4) is 0 Å². The van der Waals surface area contributed by atoms with Gasteiger partial charge in [0.05, 0.1) is 22.1 Å². The number of hydrogen-bond donors (Lipinski definition) is 2. The average Bonchev–Trinajstić information content (AvgIpc) is 3.18. The van der Waals surface area contributed by atoms with Gasteiger partial charge in [0.1, 0.15) is 0 Å². The number of thiophene rings is 1. The summed E-state index contributed by atoms with van der Waals surface area (Å²) >= 11 is 2.66. The van der Waals surface area contributed by atoms with E-state index >= 15 is 0 Å². The number of nitrogens with two attached hydrogens (primary N) is 1. The maximum atomic E-state index is 11.9. The van der Waals surface area contributed by atoms with E-state index in [0.717, 1.165) is 16.6 Å². The van der Waals surface area contributed by atoms with Crippen LogP contribution in [-0.4, -0.2) is 52.5 Å². The molecule has 2 aromatic heterocycles. The standard InChI is InChI=1S/C12H15N5O3S3/c13-17-11(9-2-1-4-21-9)15-16-12(17)22-6-10(18)14-8-3-5-23(19,20)7-8/h1-2,4,8H,3,5-7,13H2,(H,14,18)/t8-/m0/s1. The number of nitrogens with one attached hydrogen (secondary N) is 1. The Bertz CT molecular complexity index is 800. The predicted molar refractivity (Wildman–Crippen MR) is 89.4 cm³/mol.